The highest BCUT2D eigenvalue weighted by Crippen LogP contribution is 2.41. The van der Waals surface area contributed by atoms with Gasteiger partial charge in [-0.2, -0.15) is 0 Å². The molecule has 0 aromatic carbocycles. The average Bonchev–Trinajstić information content (AvgIpc) is 3.20. The number of nitrogens with one attached hydrogen (secondary N) is 1. The van der Waals surface area contributed by atoms with E-state index in [-0.39, 0.29) is 0 Å². The maximum atomic E-state index is 4.22. The molecule has 1 saturated heterocycles. The molecular weight excluding hydrogens is 222 g/mol. The first-order chi connectivity index (χ1) is 8.67. The molecule has 1 aromatic rings. The first-order valence-corrected chi connectivity index (χ1v) is 7.05. The van der Waals surface area contributed by atoms with E-state index in [2.05, 4.69) is 35.1 Å². The Hall–Kier alpha value is -0.930. The van der Waals surface area contributed by atoms with Gasteiger partial charge < -0.3 is 5.32 Å². The summed E-state index contributed by atoms with van der Waals surface area (Å²) >= 11 is 0. The molecule has 3 rings (SSSR count). The third kappa shape index (κ3) is 2.43. The van der Waals surface area contributed by atoms with Crippen molar-refractivity contribution >= 4 is 0 Å². The summed E-state index contributed by atoms with van der Waals surface area (Å²) in [6.45, 7) is 8.00. The lowest BCUT2D eigenvalue weighted by molar-refractivity contribution is 0.0769. The van der Waals surface area contributed by atoms with E-state index in [0.717, 1.165) is 25.6 Å². The Kier molecular flexibility index (Phi) is 3.12. The van der Waals surface area contributed by atoms with Crippen LogP contribution in [0.25, 0.3) is 0 Å². The molecule has 1 N–H and O–H groups in total. The topological polar surface area (TPSA) is 28.2 Å². The predicted molar refractivity (Wildman–Crippen MR) is 73.2 cm³/mol. The van der Waals surface area contributed by atoms with Crippen LogP contribution in [0.4, 0.5) is 0 Å². The van der Waals surface area contributed by atoms with Gasteiger partial charge in [0.15, 0.2) is 0 Å². The van der Waals surface area contributed by atoms with Crippen molar-refractivity contribution in [2.45, 2.75) is 44.8 Å². The minimum Gasteiger partial charge on any atom is -0.308 e. The molecule has 2 fully saturated rings. The highest BCUT2D eigenvalue weighted by Gasteiger charge is 2.45. The summed E-state index contributed by atoms with van der Waals surface area (Å²) in [6.07, 6.45) is 6.64. The number of hydrogen-bond acceptors (Lipinski definition) is 3. The largest absolute Gasteiger partial charge is 0.308 e. The normalized spacial score (nSPS) is 33.6. The summed E-state index contributed by atoms with van der Waals surface area (Å²) in [7, 11) is 0. The van der Waals surface area contributed by atoms with Gasteiger partial charge in [-0.25, -0.2) is 0 Å². The zero-order valence-electron chi connectivity index (χ0n) is 11.4. The van der Waals surface area contributed by atoms with Crippen LogP contribution in [0, 0.1) is 5.92 Å². The molecule has 1 aliphatic heterocycles. The lowest BCUT2D eigenvalue weighted by Crippen LogP contribution is -2.62. The fourth-order valence-corrected chi connectivity index (χ4v) is 3.08. The van der Waals surface area contributed by atoms with Crippen molar-refractivity contribution < 1.29 is 0 Å². The van der Waals surface area contributed by atoms with Gasteiger partial charge in [-0.1, -0.05) is 6.07 Å². The zero-order valence-corrected chi connectivity index (χ0v) is 11.4. The van der Waals surface area contributed by atoms with Crippen LogP contribution in [0.15, 0.2) is 24.5 Å². The molecule has 1 saturated carbocycles. The minimum atomic E-state index is 0.328. The maximum absolute atomic E-state index is 4.22. The Labute approximate surface area is 110 Å². The summed E-state index contributed by atoms with van der Waals surface area (Å²) in [5.74, 6) is 0.890. The molecule has 98 valence electrons. The lowest BCUT2D eigenvalue weighted by atomic mass is 9.91. The van der Waals surface area contributed by atoms with Crippen LogP contribution in [-0.4, -0.2) is 34.6 Å². The molecule has 18 heavy (non-hydrogen) atoms. The second kappa shape index (κ2) is 4.63. The van der Waals surface area contributed by atoms with Gasteiger partial charge in [0.1, 0.15) is 0 Å². The molecular formula is C15H23N3. The SMILES string of the molecule is CC1CNC(C)(C2CC2)CN1Cc1cccnc1. The van der Waals surface area contributed by atoms with Gasteiger partial charge in [0.2, 0.25) is 0 Å². The minimum absolute atomic E-state index is 0.328. The Balaban J connectivity index is 1.70. The molecule has 1 aromatic heterocycles. The van der Waals surface area contributed by atoms with Crippen LogP contribution in [0.1, 0.15) is 32.3 Å². The number of hydrogen-bond donors (Lipinski definition) is 1. The van der Waals surface area contributed by atoms with E-state index >= 15 is 0 Å². The molecule has 0 bridgehead atoms. The Morgan fingerprint density at radius 1 is 1.50 bits per heavy atom. The molecule has 2 atom stereocenters. The van der Waals surface area contributed by atoms with Crippen LogP contribution >= 0.6 is 0 Å². The maximum Gasteiger partial charge on any atom is 0.0312 e. The smallest absolute Gasteiger partial charge is 0.0312 e. The van der Waals surface area contributed by atoms with E-state index < -0.39 is 0 Å². The predicted octanol–water partition coefficient (Wildman–Crippen LogP) is 2.04. The van der Waals surface area contributed by atoms with Gasteiger partial charge in [-0.15, -0.1) is 0 Å². The number of nitrogens with zero attached hydrogens (tertiary/aromatic N) is 2. The molecule has 1 aliphatic carbocycles. The number of aromatic nitrogens is 1. The summed E-state index contributed by atoms with van der Waals surface area (Å²) in [5, 5.41) is 3.77. The van der Waals surface area contributed by atoms with E-state index in [1.54, 1.807) is 0 Å². The fraction of sp³-hybridized carbons (Fsp3) is 0.667. The van der Waals surface area contributed by atoms with Gasteiger partial charge >= 0.3 is 0 Å². The standard InChI is InChI=1S/C15H23N3/c1-12-8-17-15(2,14-5-6-14)11-18(12)10-13-4-3-7-16-9-13/h3-4,7,9,12,14,17H,5-6,8,10-11H2,1-2H3. The molecule has 2 aliphatic rings. The van der Waals surface area contributed by atoms with E-state index in [1.807, 2.05) is 18.5 Å². The second-order valence-electron chi connectivity index (χ2n) is 6.19. The van der Waals surface area contributed by atoms with Crippen molar-refractivity contribution in [2.75, 3.05) is 13.1 Å². The Bertz CT molecular complexity index is 401. The first kappa shape index (κ1) is 12.1. The van der Waals surface area contributed by atoms with Gasteiger partial charge in [-0.05, 0) is 44.2 Å². The zero-order chi connectivity index (χ0) is 12.6. The monoisotopic (exact) mass is 245 g/mol. The van der Waals surface area contributed by atoms with Gasteiger partial charge in [0.05, 0.1) is 0 Å². The molecule has 2 heterocycles. The van der Waals surface area contributed by atoms with E-state index in [1.165, 1.54) is 18.4 Å². The van der Waals surface area contributed by atoms with Crippen LogP contribution < -0.4 is 5.32 Å². The summed E-state index contributed by atoms with van der Waals surface area (Å²) in [4.78, 5) is 6.82. The van der Waals surface area contributed by atoms with Crippen molar-refractivity contribution in [3.05, 3.63) is 30.1 Å². The van der Waals surface area contributed by atoms with Gasteiger partial charge in [0.25, 0.3) is 0 Å². The molecule has 0 radical (unpaired) electrons. The molecule has 3 nitrogen and oxygen atoms in total. The summed E-state index contributed by atoms with van der Waals surface area (Å²) in [5.41, 5.74) is 1.65. The number of pyridine rings is 1. The van der Waals surface area contributed by atoms with Crippen LogP contribution in [0.3, 0.4) is 0 Å². The molecule has 2 unspecified atom stereocenters. The number of rotatable bonds is 3. The third-order valence-corrected chi connectivity index (χ3v) is 4.54. The van der Waals surface area contributed by atoms with Gasteiger partial charge in [0, 0.05) is 43.6 Å². The molecule has 0 amide bonds. The van der Waals surface area contributed by atoms with E-state index in [4.69, 9.17) is 0 Å². The van der Waals surface area contributed by atoms with Crippen LogP contribution in [-0.2, 0) is 6.54 Å². The quantitative estimate of drug-likeness (QED) is 0.883. The highest BCUT2D eigenvalue weighted by molar-refractivity contribution is 5.10. The summed E-state index contributed by atoms with van der Waals surface area (Å²) < 4.78 is 0. The van der Waals surface area contributed by atoms with E-state index in [9.17, 15) is 0 Å². The average molecular weight is 245 g/mol. The van der Waals surface area contributed by atoms with Crippen molar-refractivity contribution in [1.29, 1.82) is 0 Å². The van der Waals surface area contributed by atoms with Gasteiger partial charge in [-0.3, -0.25) is 9.88 Å². The number of piperazine rings is 1. The fourth-order valence-electron chi connectivity index (χ4n) is 3.08. The third-order valence-electron chi connectivity index (χ3n) is 4.54. The lowest BCUT2D eigenvalue weighted by Gasteiger charge is -2.45. The van der Waals surface area contributed by atoms with Crippen molar-refractivity contribution in [3.63, 3.8) is 0 Å². The molecule has 3 heteroatoms. The van der Waals surface area contributed by atoms with Crippen molar-refractivity contribution in [1.82, 2.24) is 15.2 Å². The second-order valence-corrected chi connectivity index (χ2v) is 6.19. The Morgan fingerprint density at radius 2 is 2.33 bits per heavy atom. The summed E-state index contributed by atoms with van der Waals surface area (Å²) in [6, 6.07) is 4.82. The first-order valence-electron chi connectivity index (χ1n) is 7.05. The molecule has 0 spiro atoms. The van der Waals surface area contributed by atoms with Crippen LogP contribution in [0.5, 0.6) is 0 Å². The van der Waals surface area contributed by atoms with Crippen LogP contribution in [0.2, 0.25) is 0 Å². The highest BCUT2D eigenvalue weighted by atomic mass is 15.3. The van der Waals surface area contributed by atoms with E-state index in [0.29, 0.717) is 11.6 Å². The Morgan fingerprint density at radius 3 is 3.00 bits per heavy atom. The van der Waals surface area contributed by atoms with Crippen molar-refractivity contribution in [3.8, 4) is 0 Å². The van der Waals surface area contributed by atoms with Crippen molar-refractivity contribution in [2.24, 2.45) is 5.92 Å².